The third-order valence-corrected chi connectivity index (χ3v) is 4.15. The van der Waals surface area contributed by atoms with Gasteiger partial charge in [0.2, 0.25) is 0 Å². The lowest BCUT2D eigenvalue weighted by molar-refractivity contribution is -0.148. The minimum absolute atomic E-state index is 0.278. The van der Waals surface area contributed by atoms with Crippen molar-refractivity contribution in [2.45, 2.75) is 32.9 Å². The van der Waals surface area contributed by atoms with E-state index in [0.717, 1.165) is 16.6 Å². The average molecular weight is 343 g/mol. The molecule has 0 aliphatic carbocycles. The van der Waals surface area contributed by atoms with Gasteiger partial charge in [-0.1, -0.05) is 19.1 Å². The van der Waals surface area contributed by atoms with E-state index < -0.39 is 6.10 Å². The van der Waals surface area contributed by atoms with Crippen LogP contribution >= 0.6 is 0 Å². The molecule has 1 atom stereocenters. The number of hydrogen-bond acceptors (Lipinski definition) is 2. The van der Waals surface area contributed by atoms with Gasteiger partial charge in [-0.05, 0) is 42.8 Å². The van der Waals surface area contributed by atoms with Crippen LogP contribution < -0.4 is 0 Å². The smallest absolute Gasteiger partial charge is 0.306 e. The summed E-state index contributed by atoms with van der Waals surface area (Å²) in [5.41, 5.74) is 2.33. The number of fused-ring (bicyclic) bond motifs is 1. The minimum Gasteiger partial charge on any atom is -0.458 e. The third kappa shape index (κ3) is 3.71. The lowest BCUT2D eigenvalue weighted by Crippen LogP contribution is -2.07. The first-order valence-corrected chi connectivity index (χ1v) is 8.20. The van der Waals surface area contributed by atoms with Crippen LogP contribution in [-0.2, 0) is 16.1 Å². The molecule has 0 radical (unpaired) electrons. The number of nitrogens with zero attached hydrogens (tertiary/aromatic N) is 1. The Kier molecular flexibility index (Phi) is 4.83. The zero-order valence-corrected chi connectivity index (χ0v) is 14.1. The van der Waals surface area contributed by atoms with E-state index in [1.807, 2.05) is 16.8 Å². The highest BCUT2D eigenvalue weighted by atomic mass is 19.1. The minimum atomic E-state index is -0.495. The van der Waals surface area contributed by atoms with Gasteiger partial charge >= 0.3 is 5.97 Å². The molecule has 0 bridgehead atoms. The first kappa shape index (κ1) is 17.1. The van der Waals surface area contributed by atoms with E-state index in [-0.39, 0.29) is 24.0 Å². The fourth-order valence-corrected chi connectivity index (χ4v) is 2.93. The molecule has 0 saturated carbocycles. The number of rotatable bonds is 5. The number of hydrogen-bond donors (Lipinski definition) is 0. The zero-order chi connectivity index (χ0) is 18.0. The molecule has 1 heterocycles. The third-order valence-electron chi connectivity index (χ3n) is 4.15. The highest BCUT2D eigenvalue weighted by Gasteiger charge is 2.18. The summed E-state index contributed by atoms with van der Waals surface area (Å²) < 4.78 is 34.5. The van der Waals surface area contributed by atoms with Crippen molar-refractivity contribution in [2.75, 3.05) is 0 Å². The number of carbonyl (C=O) groups is 1. The Morgan fingerprint density at radius 1 is 1.16 bits per heavy atom. The number of benzene rings is 2. The van der Waals surface area contributed by atoms with E-state index in [9.17, 15) is 13.6 Å². The van der Waals surface area contributed by atoms with Crippen molar-refractivity contribution in [1.82, 2.24) is 4.57 Å². The summed E-state index contributed by atoms with van der Waals surface area (Å²) >= 11 is 0. The quantitative estimate of drug-likeness (QED) is 0.612. The fourth-order valence-electron chi connectivity index (χ4n) is 2.93. The topological polar surface area (TPSA) is 31.2 Å². The van der Waals surface area contributed by atoms with E-state index >= 15 is 0 Å². The Morgan fingerprint density at radius 2 is 1.92 bits per heavy atom. The standard InChI is InChI=1S/C20H19F2NO2/c1-3-20(24)25-13(2)18-12-23(11-14-5-4-6-15(21)9-14)19-8-7-16(22)10-17(18)19/h4-10,12-13H,3,11H2,1-2H3. The first-order chi connectivity index (χ1) is 12.0. The lowest BCUT2D eigenvalue weighted by Gasteiger charge is -2.11. The van der Waals surface area contributed by atoms with Crippen LogP contribution in [0, 0.1) is 11.6 Å². The molecule has 3 nitrogen and oxygen atoms in total. The van der Waals surface area contributed by atoms with Gasteiger partial charge in [0.05, 0.1) is 0 Å². The second-order valence-electron chi connectivity index (χ2n) is 5.99. The maximum atomic E-state index is 13.7. The van der Waals surface area contributed by atoms with E-state index in [4.69, 9.17) is 4.74 Å². The van der Waals surface area contributed by atoms with Crippen molar-refractivity contribution in [3.8, 4) is 0 Å². The van der Waals surface area contributed by atoms with Crippen molar-refractivity contribution in [1.29, 1.82) is 0 Å². The molecule has 2 aromatic carbocycles. The largest absolute Gasteiger partial charge is 0.458 e. The van der Waals surface area contributed by atoms with Crippen molar-refractivity contribution >= 4 is 16.9 Å². The molecule has 25 heavy (non-hydrogen) atoms. The molecule has 0 spiro atoms. The average Bonchev–Trinajstić information content (AvgIpc) is 2.92. The van der Waals surface area contributed by atoms with Crippen LogP contribution in [-0.4, -0.2) is 10.5 Å². The highest BCUT2D eigenvalue weighted by molar-refractivity contribution is 5.85. The van der Waals surface area contributed by atoms with Crippen LogP contribution in [0.25, 0.3) is 10.9 Å². The molecular formula is C20H19F2NO2. The van der Waals surface area contributed by atoms with Crippen molar-refractivity contribution in [3.63, 3.8) is 0 Å². The maximum absolute atomic E-state index is 13.7. The van der Waals surface area contributed by atoms with E-state index in [0.29, 0.717) is 11.9 Å². The van der Waals surface area contributed by atoms with Crippen LogP contribution in [0.4, 0.5) is 8.78 Å². The van der Waals surface area contributed by atoms with Gasteiger partial charge < -0.3 is 9.30 Å². The second-order valence-corrected chi connectivity index (χ2v) is 5.99. The van der Waals surface area contributed by atoms with Crippen LogP contribution in [0.5, 0.6) is 0 Å². The summed E-state index contributed by atoms with van der Waals surface area (Å²) in [6.07, 6.45) is 1.62. The van der Waals surface area contributed by atoms with Crippen molar-refractivity contribution < 1.29 is 18.3 Å². The molecule has 1 unspecified atom stereocenters. The molecule has 0 fully saturated rings. The molecule has 130 valence electrons. The van der Waals surface area contributed by atoms with Gasteiger partial charge in [-0.15, -0.1) is 0 Å². The molecule has 1 aromatic heterocycles. The van der Waals surface area contributed by atoms with Gasteiger partial charge in [-0.25, -0.2) is 8.78 Å². The van der Waals surface area contributed by atoms with Gasteiger partial charge in [0, 0.05) is 35.6 Å². The Balaban J connectivity index is 2.03. The van der Waals surface area contributed by atoms with Gasteiger partial charge in [-0.3, -0.25) is 4.79 Å². The molecule has 0 amide bonds. The van der Waals surface area contributed by atoms with Crippen molar-refractivity contribution in [3.05, 3.63) is 71.4 Å². The SMILES string of the molecule is CCC(=O)OC(C)c1cn(Cc2cccc(F)c2)c2ccc(F)cc12. The number of esters is 1. The molecule has 0 aliphatic rings. The normalized spacial score (nSPS) is 12.3. The van der Waals surface area contributed by atoms with Gasteiger partial charge in [-0.2, -0.15) is 0 Å². The van der Waals surface area contributed by atoms with E-state index in [1.54, 1.807) is 26.0 Å². The zero-order valence-electron chi connectivity index (χ0n) is 14.1. The van der Waals surface area contributed by atoms with E-state index in [1.165, 1.54) is 24.3 Å². The summed E-state index contributed by atoms with van der Waals surface area (Å²) in [4.78, 5) is 11.6. The summed E-state index contributed by atoms with van der Waals surface area (Å²) in [6.45, 7) is 3.93. The lowest BCUT2D eigenvalue weighted by atomic mass is 10.1. The van der Waals surface area contributed by atoms with Crippen LogP contribution in [0.2, 0.25) is 0 Å². The molecule has 3 aromatic rings. The number of ether oxygens (including phenoxy) is 1. The first-order valence-electron chi connectivity index (χ1n) is 8.20. The summed E-state index contributed by atoms with van der Waals surface area (Å²) in [6, 6.07) is 10.9. The number of carbonyl (C=O) groups excluding carboxylic acids is 1. The predicted octanol–water partition coefficient (Wildman–Crippen LogP) is 4.98. The number of halogens is 2. The Labute approximate surface area is 144 Å². The fraction of sp³-hybridized carbons (Fsp3) is 0.250. The molecule has 0 N–H and O–H groups in total. The second kappa shape index (κ2) is 7.05. The van der Waals surface area contributed by atoms with Crippen LogP contribution in [0.15, 0.2) is 48.7 Å². The number of aromatic nitrogens is 1. The molecular weight excluding hydrogens is 324 g/mol. The highest BCUT2D eigenvalue weighted by Crippen LogP contribution is 2.30. The monoisotopic (exact) mass is 343 g/mol. The summed E-state index contributed by atoms with van der Waals surface area (Å²) in [5, 5.41) is 0.688. The van der Waals surface area contributed by atoms with E-state index in [2.05, 4.69) is 0 Å². The maximum Gasteiger partial charge on any atom is 0.306 e. The Morgan fingerprint density at radius 3 is 2.64 bits per heavy atom. The molecule has 0 aliphatic heterocycles. The van der Waals surface area contributed by atoms with Gasteiger partial charge in [0.25, 0.3) is 0 Å². The Bertz CT molecular complexity index is 917. The molecule has 5 heteroatoms. The van der Waals surface area contributed by atoms with Gasteiger partial charge in [0.1, 0.15) is 17.7 Å². The summed E-state index contributed by atoms with van der Waals surface area (Å²) in [5.74, 6) is -0.966. The summed E-state index contributed by atoms with van der Waals surface area (Å²) in [7, 11) is 0. The Hall–Kier alpha value is -2.69. The molecule has 0 saturated heterocycles. The van der Waals surface area contributed by atoms with Crippen LogP contribution in [0.1, 0.15) is 37.5 Å². The van der Waals surface area contributed by atoms with Crippen molar-refractivity contribution in [2.24, 2.45) is 0 Å². The molecule has 3 rings (SSSR count). The predicted molar refractivity (Wildman–Crippen MR) is 92.2 cm³/mol. The van der Waals surface area contributed by atoms with Gasteiger partial charge in [0.15, 0.2) is 0 Å². The van der Waals surface area contributed by atoms with Crippen LogP contribution in [0.3, 0.4) is 0 Å².